The summed E-state index contributed by atoms with van der Waals surface area (Å²) in [7, 11) is 0. The van der Waals surface area contributed by atoms with Crippen LogP contribution in [0.5, 0.6) is 0 Å². The Morgan fingerprint density at radius 1 is 1.54 bits per heavy atom. The molecule has 1 aliphatic rings. The summed E-state index contributed by atoms with van der Waals surface area (Å²) < 4.78 is 0. The summed E-state index contributed by atoms with van der Waals surface area (Å²) >= 11 is 0. The van der Waals surface area contributed by atoms with Gasteiger partial charge in [0.05, 0.1) is 0 Å². The molecule has 13 heavy (non-hydrogen) atoms. The molecule has 2 rings (SSSR count). The smallest absolute Gasteiger partial charge is 0.0499 e. The summed E-state index contributed by atoms with van der Waals surface area (Å²) in [6.45, 7) is 4.73. The SMILES string of the molecule is C=CC(N)c1cccc2c1NCC2. The lowest BCUT2D eigenvalue weighted by molar-refractivity contribution is 0.916. The van der Waals surface area contributed by atoms with Crippen LogP contribution >= 0.6 is 0 Å². The van der Waals surface area contributed by atoms with Gasteiger partial charge in [-0.05, 0) is 17.5 Å². The third kappa shape index (κ3) is 1.33. The fourth-order valence-corrected chi connectivity index (χ4v) is 1.77. The van der Waals surface area contributed by atoms with Crippen molar-refractivity contribution in [2.75, 3.05) is 11.9 Å². The molecule has 2 nitrogen and oxygen atoms in total. The van der Waals surface area contributed by atoms with Crippen LogP contribution in [0.2, 0.25) is 0 Å². The van der Waals surface area contributed by atoms with Gasteiger partial charge in [0.15, 0.2) is 0 Å². The maximum absolute atomic E-state index is 5.91. The van der Waals surface area contributed by atoms with Crippen LogP contribution in [0.3, 0.4) is 0 Å². The van der Waals surface area contributed by atoms with Crippen LogP contribution in [-0.2, 0) is 6.42 Å². The molecule has 0 aliphatic carbocycles. The van der Waals surface area contributed by atoms with Gasteiger partial charge in [0.1, 0.15) is 0 Å². The highest BCUT2D eigenvalue weighted by Crippen LogP contribution is 2.29. The van der Waals surface area contributed by atoms with E-state index in [-0.39, 0.29) is 6.04 Å². The summed E-state index contributed by atoms with van der Waals surface area (Å²) in [5.41, 5.74) is 9.65. The zero-order valence-corrected chi connectivity index (χ0v) is 7.59. The summed E-state index contributed by atoms with van der Waals surface area (Å²) in [5, 5.41) is 3.36. The van der Waals surface area contributed by atoms with E-state index in [4.69, 9.17) is 5.73 Å². The minimum atomic E-state index is -0.0550. The number of nitrogens with two attached hydrogens (primary N) is 1. The van der Waals surface area contributed by atoms with Gasteiger partial charge in [0.25, 0.3) is 0 Å². The second-order valence-electron chi connectivity index (χ2n) is 3.32. The van der Waals surface area contributed by atoms with E-state index in [1.165, 1.54) is 11.3 Å². The van der Waals surface area contributed by atoms with Crippen molar-refractivity contribution < 1.29 is 0 Å². The lowest BCUT2D eigenvalue weighted by atomic mass is 10.0. The molecule has 3 N–H and O–H groups in total. The number of anilines is 1. The first kappa shape index (κ1) is 8.32. The largest absolute Gasteiger partial charge is 0.384 e. The quantitative estimate of drug-likeness (QED) is 0.671. The van der Waals surface area contributed by atoms with Crippen LogP contribution in [0.15, 0.2) is 30.9 Å². The number of fused-ring (bicyclic) bond motifs is 1. The van der Waals surface area contributed by atoms with Crippen molar-refractivity contribution in [2.24, 2.45) is 5.73 Å². The van der Waals surface area contributed by atoms with E-state index in [1.54, 1.807) is 6.08 Å². The lowest BCUT2D eigenvalue weighted by Crippen LogP contribution is -2.08. The number of hydrogen-bond acceptors (Lipinski definition) is 2. The molecule has 2 heteroatoms. The molecule has 68 valence electrons. The molecular weight excluding hydrogens is 160 g/mol. The van der Waals surface area contributed by atoms with Crippen LogP contribution in [0.1, 0.15) is 17.2 Å². The predicted molar refractivity (Wildman–Crippen MR) is 55.8 cm³/mol. The molecular formula is C11H14N2. The molecule has 1 heterocycles. The van der Waals surface area contributed by atoms with Gasteiger partial charge in [0, 0.05) is 18.3 Å². The summed E-state index contributed by atoms with van der Waals surface area (Å²) in [6, 6.07) is 6.21. The van der Waals surface area contributed by atoms with Crippen LogP contribution in [0, 0.1) is 0 Å². The van der Waals surface area contributed by atoms with E-state index < -0.39 is 0 Å². The van der Waals surface area contributed by atoms with Gasteiger partial charge >= 0.3 is 0 Å². The molecule has 0 saturated heterocycles. The second kappa shape index (κ2) is 3.23. The normalized spacial score (nSPS) is 16.1. The van der Waals surface area contributed by atoms with Crippen LogP contribution in [-0.4, -0.2) is 6.54 Å². The van der Waals surface area contributed by atoms with Crippen molar-refractivity contribution in [1.29, 1.82) is 0 Å². The summed E-state index contributed by atoms with van der Waals surface area (Å²) in [6.07, 6.45) is 2.88. The van der Waals surface area contributed by atoms with Gasteiger partial charge in [-0.3, -0.25) is 0 Å². The molecule has 1 aromatic carbocycles. The number of benzene rings is 1. The van der Waals surface area contributed by atoms with E-state index in [1.807, 2.05) is 0 Å². The fourth-order valence-electron chi connectivity index (χ4n) is 1.77. The molecule has 0 fully saturated rings. The highest BCUT2D eigenvalue weighted by Gasteiger charge is 2.15. The van der Waals surface area contributed by atoms with Crippen LogP contribution in [0.25, 0.3) is 0 Å². The zero-order valence-electron chi connectivity index (χ0n) is 7.59. The van der Waals surface area contributed by atoms with Gasteiger partial charge in [0.2, 0.25) is 0 Å². The predicted octanol–water partition coefficient (Wildman–Crippen LogP) is 1.84. The van der Waals surface area contributed by atoms with E-state index in [0.29, 0.717) is 0 Å². The molecule has 1 atom stereocenters. The molecule has 0 amide bonds. The first-order valence-electron chi connectivity index (χ1n) is 4.56. The zero-order chi connectivity index (χ0) is 9.26. The van der Waals surface area contributed by atoms with E-state index >= 15 is 0 Å². The number of hydrogen-bond donors (Lipinski definition) is 2. The highest BCUT2D eigenvalue weighted by atomic mass is 14.9. The molecule has 0 bridgehead atoms. The fraction of sp³-hybridized carbons (Fsp3) is 0.273. The van der Waals surface area contributed by atoms with Gasteiger partial charge in [-0.15, -0.1) is 6.58 Å². The van der Waals surface area contributed by atoms with Gasteiger partial charge in [-0.25, -0.2) is 0 Å². The lowest BCUT2D eigenvalue weighted by Gasteiger charge is -2.12. The number of para-hydroxylation sites is 1. The second-order valence-corrected chi connectivity index (χ2v) is 3.32. The Hall–Kier alpha value is -1.28. The monoisotopic (exact) mass is 174 g/mol. The Bertz CT molecular complexity index is 331. The Morgan fingerprint density at radius 2 is 2.38 bits per heavy atom. The van der Waals surface area contributed by atoms with Crippen molar-refractivity contribution in [3.05, 3.63) is 42.0 Å². The Morgan fingerprint density at radius 3 is 3.15 bits per heavy atom. The minimum absolute atomic E-state index is 0.0550. The molecule has 0 saturated carbocycles. The van der Waals surface area contributed by atoms with E-state index in [0.717, 1.165) is 18.5 Å². The van der Waals surface area contributed by atoms with Gasteiger partial charge < -0.3 is 11.1 Å². The van der Waals surface area contributed by atoms with Gasteiger partial charge in [-0.2, -0.15) is 0 Å². The van der Waals surface area contributed by atoms with Crippen molar-refractivity contribution in [3.8, 4) is 0 Å². The molecule has 1 aromatic rings. The Labute approximate surface area is 78.5 Å². The molecule has 1 unspecified atom stereocenters. The van der Waals surface area contributed by atoms with E-state index in [2.05, 4.69) is 30.1 Å². The topological polar surface area (TPSA) is 38.0 Å². The van der Waals surface area contributed by atoms with Gasteiger partial charge in [-0.1, -0.05) is 24.3 Å². The average molecular weight is 174 g/mol. The van der Waals surface area contributed by atoms with Crippen LogP contribution in [0.4, 0.5) is 5.69 Å². The van der Waals surface area contributed by atoms with Crippen molar-refractivity contribution in [1.82, 2.24) is 0 Å². The maximum Gasteiger partial charge on any atom is 0.0499 e. The first-order valence-corrected chi connectivity index (χ1v) is 4.56. The van der Waals surface area contributed by atoms with Crippen LogP contribution < -0.4 is 11.1 Å². The standard InChI is InChI=1S/C11H14N2/c1-2-10(12)9-5-3-4-8-6-7-13-11(8)9/h2-5,10,13H,1,6-7,12H2. The molecule has 0 aromatic heterocycles. The van der Waals surface area contributed by atoms with E-state index in [9.17, 15) is 0 Å². The molecule has 0 spiro atoms. The summed E-state index contributed by atoms with van der Waals surface area (Å²) in [5.74, 6) is 0. The minimum Gasteiger partial charge on any atom is -0.384 e. The number of nitrogens with one attached hydrogen (secondary N) is 1. The highest BCUT2D eigenvalue weighted by molar-refractivity contribution is 5.62. The Balaban J connectivity index is 2.46. The maximum atomic E-state index is 5.91. The van der Waals surface area contributed by atoms with Crippen molar-refractivity contribution >= 4 is 5.69 Å². The van der Waals surface area contributed by atoms with Crippen molar-refractivity contribution in [2.45, 2.75) is 12.5 Å². The molecule has 1 aliphatic heterocycles. The molecule has 0 radical (unpaired) electrons. The average Bonchev–Trinajstić information content (AvgIpc) is 2.63. The number of rotatable bonds is 2. The Kier molecular flexibility index (Phi) is 2.07. The third-order valence-electron chi connectivity index (χ3n) is 2.49. The van der Waals surface area contributed by atoms with Crippen molar-refractivity contribution in [3.63, 3.8) is 0 Å². The summed E-state index contributed by atoms with van der Waals surface area (Å²) in [4.78, 5) is 0. The first-order chi connectivity index (χ1) is 6.33. The third-order valence-corrected chi connectivity index (χ3v) is 2.49.